The van der Waals surface area contributed by atoms with E-state index in [0.29, 0.717) is 35.1 Å². The number of methoxy groups -OCH3 is 2. The summed E-state index contributed by atoms with van der Waals surface area (Å²) in [7, 11) is 3.07. The lowest BCUT2D eigenvalue weighted by molar-refractivity contribution is -0.128. The Morgan fingerprint density at radius 1 is 1.03 bits per heavy atom. The minimum absolute atomic E-state index is 0.161. The van der Waals surface area contributed by atoms with E-state index in [1.165, 1.54) is 14.0 Å². The van der Waals surface area contributed by atoms with Crippen LogP contribution in [0.5, 0.6) is 11.5 Å². The molecule has 2 fully saturated rings. The third-order valence-electron chi connectivity index (χ3n) is 6.55. The highest BCUT2D eigenvalue weighted by atomic mass is 16.5. The first-order valence-electron chi connectivity index (χ1n) is 10.9. The molecule has 176 valence electrons. The predicted molar refractivity (Wildman–Crippen MR) is 125 cm³/mol. The Kier molecular flexibility index (Phi) is 5.28. The van der Waals surface area contributed by atoms with Crippen molar-refractivity contribution in [3.05, 3.63) is 54.6 Å². The number of anilines is 3. The quantitative estimate of drug-likeness (QED) is 0.638. The fourth-order valence-corrected chi connectivity index (χ4v) is 5.08. The molecule has 9 nitrogen and oxygen atoms in total. The maximum absolute atomic E-state index is 13.5. The van der Waals surface area contributed by atoms with Crippen LogP contribution >= 0.6 is 0 Å². The molecule has 0 aliphatic carbocycles. The minimum atomic E-state index is -0.836. The Balaban J connectivity index is 1.37. The number of carbonyl (C=O) groups is 3. The van der Waals surface area contributed by atoms with Crippen LogP contribution in [0.25, 0.3) is 0 Å². The molecule has 9 heteroatoms. The molecule has 2 saturated heterocycles. The number of fused-ring (bicyclic) bond motifs is 1. The van der Waals surface area contributed by atoms with Gasteiger partial charge in [0, 0.05) is 30.1 Å². The first-order valence-corrected chi connectivity index (χ1v) is 10.9. The van der Waals surface area contributed by atoms with E-state index >= 15 is 0 Å². The second kappa shape index (κ2) is 8.18. The maximum Gasteiger partial charge on any atom is 0.234 e. The van der Waals surface area contributed by atoms with E-state index in [1.807, 2.05) is 12.2 Å². The van der Waals surface area contributed by atoms with Gasteiger partial charge in [0.05, 0.1) is 38.7 Å². The standard InChI is InChI=1S/C25H25N3O6/c1-14(29)26-15-4-7-17(8-5-15)28-13-25-11-10-19(34-25)21(22(25)24(28)31)23(30)27-16-6-9-18(32-2)20(12-16)33-3/h4-12,19,21-22H,13H2,1-3H3,(H,26,29)(H,27,30). The van der Waals surface area contributed by atoms with Crippen molar-refractivity contribution >= 4 is 34.8 Å². The zero-order valence-electron chi connectivity index (χ0n) is 19.0. The molecule has 3 amide bonds. The molecule has 2 bridgehead atoms. The van der Waals surface area contributed by atoms with E-state index in [9.17, 15) is 14.4 Å². The molecule has 34 heavy (non-hydrogen) atoms. The number of rotatable bonds is 6. The fraction of sp³-hybridized carbons (Fsp3) is 0.320. The van der Waals surface area contributed by atoms with Gasteiger partial charge in [0.1, 0.15) is 5.60 Å². The SMILES string of the molecule is COc1ccc(NC(=O)C2C3C=CC4(CN(c5ccc(NC(C)=O)cc5)C(=O)C24)O3)cc1OC. The van der Waals surface area contributed by atoms with Gasteiger partial charge in [-0.3, -0.25) is 14.4 Å². The topological polar surface area (TPSA) is 106 Å². The van der Waals surface area contributed by atoms with Gasteiger partial charge in [-0.25, -0.2) is 0 Å². The average Bonchev–Trinajstić information content (AvgIpc) is 3.47. The van der Waals surface area contributed by atoms with Crippen LogP contribution in [0.3, 0.4) is 0 Å². The zero-order chi connectivity index (χ0) is 24.0. The number of amides is 3. The number of benzene rings is 2. The Morgan fingerprint density at radius 2 is 1.74 bits per heavy atom. The van der Waals surface area contributed by atoms with Gasteiger partial charge in [-0.1, -0.05) is 12.2 Å². The second-order valence-electron chi connectivity index (χ2n) is 8.61. The van der Waals surface area contributed by atoms with Crippen LogP contribution in [0.15, 0.2) is 54.6 Å². The van der Waals surface area contributed by atoms with Gasteiger partial charge in [-0.05, 0) is 36.4 Å². The smallest absolute Gasteiger partial charge is 0.234 e. The number of hydrogen-bond acceptors (Lipinski definition) is 6. The van der Waals surface area contributed by atoms with Crippen molar-refractivity contribution in [3.8, 4) is 11.5 Å². The Bertz CT molecular complexity index is 1190. The van der Waals surface area contributed by atoms with Crippen LogP contribution in [-0.2, 0) is 19.1 Å². The van der Waals surface area contributed by atoms with Gasteiger partial charge in [-0.15, -0.1) is 0 Å². The van der Waals surface area contributed by atoms with Crippen molar-refractivity contribution in [2.45, 2.75) is 18.6 Å². The molecule has 0 saturated carbocycles. The molecule has 0 radical (unpaired) electrons. The Morgan fingerprint density at radius 3 is 2.41 bits per heavy atom. The lowest BCUT2D eigenvalue weighted by Gasteiger charge is -2.23. The zero-order valence-corrected chi connectivity index (χ0v) is 19.0. The van der Waals surface area contributed by atoms with E-state index in [-0.39, 0.29) is 17.7 Å². The highest BCUT2D eigenvalue weighted by Crippen LogP contribution is 2.53. The van der Waals surface area contributed by atoms with Gasteiger partial charge in [0.2, 0.25) is 17.7 Å². The summed E-state index contributed by atoms with van der Waals surface area (Å²) in [5, 5.41) is 5.62. The maximum atomic E-state index is 13.5. The van der Waals surface area contributed by atoms with Crippen LogP contribution in [0.1, 0.15) is 6.92 Å². The molecule has 1 spiro atoms. The van der Waals surface area contributed by atoms with Gasteiger partial charge < -0.3 is 29.7 Å². The molecular formula is C25H25N3O6. The van der Waals surface area contributed by atoms with E-state index in [4.69, 9.17) is 14.2 Å². The van der Waals surface area contributed by atoms with Crippen LogP contribution in [0.2, 0.25) is 0 Å². The molecule has 5 rings (SSSR count). The monoisotopic (exact) mass is 463 g/mol. The molecule has 2 N–H and O–H groups in total. The Hall–Kier alpha value is -3.85. The van der Waals surface area contributed by atoms with Crippen LogP contribution in [0.4, 0.5) is 17.1 Å². The lowest BCUT2D eigenvalue weighted by Crippen LogP contribution is -2.41. The molecule has 4 unspecified atom stereocenters. The van der Waals surface area contributed by atoms with Crippen molar-refractivity contribution < 1.29 is 28.6 Å². The molecular weight excluding hydrogens is 438 g/mol. The molecule has 3 aliphatic rings. The van der Waals surface area contributed by atoms with Crippen molar-refractivity contribution in [3.63, 3.8) is 0 Å². The Labute approximate surface area is 196 Å². The van der Waals surface area contributed by atoms with Crippen molar-refractivity contribution in [1.82, 2.24) is 0 Å². The molecule has 2 aromatic rings. The van der Waals surface area contributed by atoms with Gasteiger partial charge in [0.25, 0.3) is 0 Å². The molecule has 2 aromatic carbocycles. The average molecular weight is 463 g/mol. The first-order chi connectivity index (χ1) is 16.3. The van der Waals surface area contributed by atoms with Crippen molar-refractivity contribution in [1.29, 1.82) is 0 Å². The number of nitrogens with zero attached hydrogens (tertiary/aromatic N) is 1. The number of hydrogen-bond donors (Lipinski definition) is 2. The van der Waals surface area contributed by atoms with E-state index in [0.717, 1.165) is 0 Å². The summed E-state index contributed by atoms with van der Waals surface area (Å²) in [6.07, 6.45) is 3.32. The summed E-state index contributed by atoms with van der Waals surface area (Å²) in [6, 6.07) is 12.1. The van der Waals surface area contributed by atoms with Crippen molar-refractivity contribution in [2.24, 2.45) is 11.8 Å². The van der Waals surface area contributed by atoms with E-state index in [1.54, 1.807) is 54.5 Å². The van der Waals surface area contributed by atoms with Gasteiger partial charge in [0.15, 0.2) is 11.5 Å². The summed E-state index contributed by atoms with van der Waals surface area (Å²) in [4.78, 5) is 39.8. The highest BCUT2D eigenvalue weighted by Gasteiger charge is 2.67. The summed E-state index contributed by atoms with van der Waals surface area (Å²) in [6.45, 7) is 1.76. The largest absolute Gasteiger partial charge is 0.493 e. The summed E-state index contributed by atoms with van der Waals surface area (Å²) >= 11 is 0. The molecule has 0 aromatic heterocycles. The fourth-order valence-electron chi connectivity index (χ4n) is 5.08. The normalized spacial score (nSPS) is 26.4. The summed E-state index contributed by atoms with van der Waals surface area (Å²) in [5.41, 5.74) is 1.03. The third kappa shape index (κ3) is 3.49. The summed E-state index contributed by atoms with van der Waals surface area (Å²) in [5.74, 6) is -0.857. The lowest BCUT2D eigenvalue weighted by atomic mass is 9.77. The predicted octanol–water partition coefficient (Wildman–Crippen LogP) is 2.59. The molecule has 3 aliphatic heterocycles. The van der Waals surface area contributed by atoms with Crippen LogP contribution in [-0.4, -0.2) is 50.2 Å². The first kappa shape index (κ1) is 22.0. The highest BCUT2D eigenvalue weighted by molar-refractivity contribution is 6.05. The van der Waals surface area contributed by atoms with E-state index < -0.39 is 23.5 Å². The molecule has 4 atom stereocenters. The van der Waals surface area contributed by atoms with Gasteiger partial charge in [-0.2, -0.15) is 0 Å². The number of carbonyl (C=O) groups excluding carboxylic acids is 3. The second-order valence-corrected chi connectivity index (χ2v) is 8.61. The van der Waals surface area contributed by atoms with Crippen LogP contribution < -0.4 is 25.0 Å². The third-order valence-corrected chi connectivity index (χ3v) is 6.55. The van der Waals surface area contributed by atoms with E-state index in [2.05, 4.69) is 10.6 Å². The van der Waals surface area contributed by atoms with Crippen LogP contribution in [0, 0.1) is 11.8 Å². The molecule has 3 heterocycles. The minimum Gasteiger partial charge on any atom is -0.493 e. The number of ether oxygens (including phenoxy) is 3. The van der Waals surface area contributed by atoms with Gasteiger partial charge >= 0.3 is 0 Å². The summed E-state index contributed by atoms with van der Waals surface area (Å²) < 4.78 is 16.8. The number of nitrogens with one attached hydrogen (secondary N) is 2. The van der Waals surface area contributed by atoms with Crippen molar-refractivity contribution in [2.75, 3.05) is 36.3 Å².